The Labute approximate surface area is 113 Å². The molecule has 0 spiro atoms. The molecule has 0 bridgehead atoms. The van der Waals surface area contributed by atoms with Crippen molar-refractivity contribution in [2.24, 2.45) is 0 Å². The molecule has 0 atom stereocenters. The average molecular weight is 259 g/mol. The summed E-state index contributed by atoms with van der Waals surface area (Å²) in [5.74, 6) is 0. The monoisotopic (exact) mass is 259 g/mol. The maximum absolute atomic E-state index is 4.54. The molecule has 2 aromatic heterocycles. The third-order valence-electron chi connectivity index (χ3n) is 3.38. The topological polar surface area (TPSA) is 47.7 Å². The highest BCUT2D eigenvalue weighted by molar-refractivity contribution is 5.07. The van der Waals surface area contributed by atoms with Crippen LogP contribution in [-0.2, 0) is 13.1 Å². The Bertz CT molecular complexity index is 536. The van der Waals surface area contributed by atoms with Gasteiger partial charge < -0.3 is 5.32 Å². The molecule has 0 radical (unpaired) electrons. The second-order valence-electron chi connectivity index (χ2n) is 5.58. The van der Waals surface area contributed by atoms with Gasteiger partial charge in [-0.1, -0.05) is 0 Å². The van der Waals surface area contributed by atoms with Crippen LogP contribution in [0.2, 0.25) is 0 Å². The fourth-order valence-corrected chi connectivity index (χ4v) is 2.05. The molecule has 0 aliphatic heterocycles. The maximum atomic E-state index is 4.54. The van der Waals surface area contributed by atoms with Crippen molar-refractivity contribution in [3.05, 3.63) is 35.9 Å². The van der Waals surface area contributed by atoms with E-state index in [9.17, 15) is 0 Å². The van der Waals surface area contributed by atoms with E-state index >= 15 is 0 Å². The van der Waals surface area contributed by atoms with Crippen LogP contribution < -0.4 is 5.32 Å². The lowest BCUT2D eigenvalue weighted by Gasteiger charge is -2.03. The van der Waals surface area contributed by atoms with Gasteiger partial charge in [-0.05, 0) is 32.8 Å². The summed E-state index contributed by atoms with van der Waals surface area (Å²) in [4.78, 5) is 0. The summed E-state index contributed by atoms with van der Waals surface area (Å²) in [6.07, 6.45) is 8.71. The van der Waals surface area contributed by atoms with Crippen LogP contribution >= 0.6 is 0 Å². The van der Waals surface area contributed by atoms with Crippen molar-refractivity contribution in [1.29, 1.82) is 0 Å². The van der Waals surface area contributed by atoms with Crippen molar-refractivity contribution in [3.63, 3.8) is 0 Å². The summed E-state index contributed by atoms with van der Waals surface area (Å²) in [5.41, 5.74) is 2.30. The zero-order valence-corrected chi connectivity index (χ0v) is 11.6. The van der Waals surface area contributed by atoms with E-state index in [0.717, 1.165) is 24.8 Å². The summed E-state index contributed by atoms with van der Waals surface area (Å²) < 4.78 is 3.94. The van der Waals surface area contributed by atoms with Gasteiger partial charge in [0, 0.05) is 36.6 Å². The summed E-state index contributed by atoms with van der Waals surface area (Å²) in [7, 11) is 0. The van der Waals surface area contributed by atoms with E-state index in [1.54, 1.807) is 0 Å². The molecule has 2 aromatic rings. The average Bonchev–Trinajstić information content (AvgIpc) is 2.91. The minimum Gasteiger partial charge on any atom is -0.310 e. The van der Waals surface area contributed by atoms with Crippen molar-refractivity contribution >= 4 is 0 Å². The van der Waals surface area contributed by atoms with E-state index in [1.807, 2.05) is 21.8 Å². The van der Waals surface area contributed by atoms with E-state index in [0.29, 0.717) is 6.04 Å². The Balaban J connectivity index is 1.58. The molecule has 0 unspecified atom stereocenters. The smallest absolute Gasteiger partial charge is 0.0849 e. The Morgan fingerprint density at radius 2 is 2.26 bits per heavy atom. The second kappa shape index (κ2) is 5.17. The van der Waals surface area contributed by atoms with Crippen LogP contribution in [0.1, 0.15) is 44.0 Å². The summed E-state index contributed by atoms with van der Waals surface area (Å²) in [6, 6.07) is 3.21. The quantitative estimate of drug-likeness (QED) is 0.862. The first-order valence-corrected chi connectivity index (χ1v) is 6.99. The van der Waals surface area contributed by atoms with Crippen LogP contribution in [0.25, 0.3) is 0 Å². The molecule has 1 fully saturated rings. The highest BCUT2D eigenvalue weighted by atomic mass is 15.3. The molecule has 1 saturated carbocycles. The summed E-state index contributed by atoms with van der Waals surface area (Å²) in [6.45, 7) is 5.92. The normalized spacial score (nSPS) is 15.3. The van der Waals surface area contributed by atoms with Gasteiger partial charge in [-0.15, -0.1) is 0 Å². The molecule has 1 N–H and O–H groups in total. The molecule has 19 heavy (non-hydrogen) atoms. The molecule has 1 aliphatic carbocycles. The zero-order chi connectivity index (χ0) is 13.2. The van der Waals surface area contributed by atoms with Crippen LogP contribution in [0.3, 0.4) is 0 Å². The largest absolute Gasteiger partial charge is 0.310 e. The lowest BCUT2D eigenvalue weighted by atomic mass is 10.3. The predicted molar refractivity (Wildman–Crippen MR) is 73.8 cm³/mol. The second-order valence-corrected chi connectivity index (χ2v) is 5.58. The van der Waals surface area contributed by atoms with Gasteiger partial charge in [-0.3, -0.25) is 9.36 Å². The number of rotatable bonds is 6. The highest BCUT2D eigenvalue weighted by Crippen LogP contribution is 2.19. The van der Waals surface area contributed by atoms with Crippen molar-refractivity contribution in [1.82, 2.24) is 24.9 Å². The van der Waals surface area contributed by atoms with Crippen molar-refractivity contribution in [3.8, 4) is 0 Å². The van der Waals surface area contributed by atoms with Crippen molar-refractivity contribution in [2.75, 3.05) is 0 Å². The molecule has 5 heteroatoms. The molecule has 1 aliphatic rings. The van der Waals surface area contributed by atoms with E-state index in [-0.39, 0.29) is 0 Å². The van der Waals surface area contributed by atoms with Crippen LogP contribution in [0.4, 0.5) is 0 Å². The third kappa shape index (κ3) is 3.23. The van der Waals surface area contributed by atoms with E-state index in [2.05, 4.69) is 41.6 Å². The van der Waals surface area contributed by atoms with Gasteiger partial charge in [0.05, 0.1) is 18.4 Å². The fourth-order valence-electron chi connectivity index (χ4n) is 2.05. The fraction of sp³-hybridized carbons (Fsp3) is 0.571. The van der Waals surface area contributed by atoms with Crippen LogP contribution in [-0.4, -0.2) is 25.6 Å². The number of hydrogen-bond donors (Lipinski definition) is 1. The molecule has 2 heterocycles. The summed E-state index contributed by atoms with van der Waals surface area (Å²) >= 11 is 0. The van der Waals surface area contributed by atoms with Crippen molar-refractivity contribution < 1.29 is 0 Å². The van der Waals surface area contributed by atoms with Crippen molar-refractivity contribution in [2.45, 2.75) is 51.9 Å². The van der Waals surface area contributed by atoms with Gasteiger partial charge in [-0.25, -0.2) is 0 Å². The molecule has 3 rings (SSSR count). The van der Waals surface area contributed by atoms with Gasteiger partial charge in [0.15, 0.2) is 0 Å². The lowest BCUT2D eigenvalue weighted by Crippen LogP contribution is -2.14. The predicted octanol–water partition coefficient (Wildman–Crippen LogP) is 1.96. The zero-order valence-electron chi connectivity index (χ0n) is 11.6. The van der Waals surface area contributed by atoms with Gasteiger partial charge >= 0.3 is 0 Å². The number of aromatic nitrogens is 4. The molecule has 0 aromatic carbocycles. The molecule has 5 nitrogen and oxygen atoms in total. The first kappa shape index (κ1) is 12.4. The standard InChI is InChI=1S/C14H21N5/c1-11(2)19-6-5-14(17-19)10-18-9-12(8-16-18)7-15-13-3-4-13/h5-6,8-9,11,13,15H,3-4,7,10H2,1-2H3. The minimum absolute atomic E-state index is 0.407. The Hall–Kier alpha value is -1.62. The highest BCUT2D eigenvalue weighted by Gasteiger charge is 2.20. The number of nitrogens with one attached hydrogen (secondary N) is 1. The molecule has 102 valence electrons. The molecule has 0 amide bonds. The van der Waals surface area contributed by atoms with Gasteiger partial charge in [-0.2, -0.15) is 10.2 Å². The molecule has 0 saturated heterocycles. The lowest BCUT2D eigenvalue weighted by molar-refractivity contribution is 0.520. The van der Waals surface area contributed by atoms with E-state index < -0.39 is 0 Å². The number of nitrogens with zero attached hydrogens (tertiary/aromatic N) is 4. The Morgan fingerprint density at radius 3 is 2.95 bits per heavy atom. The molecular formula is C14H21N5. The van der Waals surface area contributed by atoms with Crippen LogP contribution in [0.15, 0.2) is 24.7 Å². The van der Waals surface area contributed by atoms with Crippen LogP contribution in [0.5, 0.6) is 0 Å². The van der Waals surface area contributed by atoms with E-state index in [4.69, 9.17) is 0 Å². The first-order chi connectivity index (χ1) is 9.20. The Morgan fingerprint density at radius 1 is 1.42 bits per heavy atom. The van der Waals surface area contributed by atoms with E-state index in [1.165, 1.54) is 18.4 Å². The SMILES string of the molecule is CC(C)n1ccc(Cn2cc(CNC3CC3)cn2)n1. The third-order valence-corrected chi connectivity index (χ3v) is 3.38. The maximum Gasteiger partial charge on any atom is 0.0849 e. The van der Waals surface area contributed by atoms with Gasteiger partial charge in [0.2, 0.25) is 0 Å². The Kier molecular flexibility index (Phi) is 3.38. The summed E-state index contributed by atoms with van der Waals surface area (Å²) in [5, 5.41) is 12.4. The van der Waals surface area contributed by atoms with Gasteiger partial charge in [0.25, 0.3) is 0 Å². The molecular weight excluding hydrogens is 238 g/mol. The van der Waals surface area contributed by atoms with Gasteiger partial charge in [0.1, 0.15) is 0 Å². The van der Waals surface area contributed by atoms with Crippen LogP contribution in [0, 0.1) is 0 Å². The minimum atomic E-state index is 0.407. The first-order valence-electron chi connectivity index (χ1n) is 6.99. The number of hydrogen-bond acceptors (Lipinski definition) is 3.